The number of aliphatic hydroxyl groups excluding tert-OH is 1. The summed E-state index contributed by atoms with van der Waals surface area (Å²) in [5.74, 6) is 4.19. The summed E-state index contributed by atoms with van der Waals surface area (Å²) in [4.78, 5) is 17.1. The van der Waals surface area contributed by atoms with Gasteiger partial charge in [-0.1, -0.05) is 11.8 Å². The molecule has 0 aliphatic carbocycles. The quantitative estimate of drug-likeness (QED) is 0.226. The van der Waals surface area contributed by atoms with E-state index in [9.17, 15) is 27.5 Å². The van der Waals surface area contributed by atoms with Crippen LogP contribution in [0.3, 0.4) is 0 Å². The number of rotatable bonds is 7. The molecule has 4 N–H and O–H groups in total. The van der Waals surface area contributed by atoms with Crippen LogP contribution in [0.15, 0.2) is 48.5 Å². The molecular formula is C29H26F4N2O5. The normalized spacial score (nSPS) is 17.7. The molecule has 11 heteroatoms. The minimum absolute atomic E-state index is 0.0417. The number of alkyl halides is 3. The molecule has 0 saturated heterocycles. The van der Waals surface area contributed by atoms with Crippen LogP contribution in [-0.4, -0.2) is 47.5 Å². The Labute approximate surface area is 227 Å². The second-order valence-electron chi connectivity index (χ2n) is 9.60. The highest BCUT2D eigenvalue weighted by Crippen LogP contribution is 2.48. The first-order chi connectivity index (χ1) is 18.8. The number of fused-ring (bicyclic) bond motifs is 1. The number of ketones is 1. The largest absolute Gasteiger partial charge is 0.495 e. The maximum atomic E-state index is 14.5. The number of aliphatic hydroxyl groups is 2. The molecule has 4 rings (SSSR count). The van der Waals surface area contributed by atoms with Crippen molar-refractivity contribution in [2.75, 3.05) is 20.3 Å². The monoisotopic (exact) mass is 558 g/mol. The molecule has 0 saturated carbocycles. The van der Waals surface area contributed by atoms with Gasteiger partial charge in [-0.2, -0.15) is 13.2 Å². The topological polar surface area (TPSA) is 115 Å². The van der Waals surface area contributed by atoms with Crippen LogP contribution in [0.5, 0.6) is 11.5 Å². The van der Waals surface area contributed by atoms with E-state index in [4.69, 9.17) is 20.3 Å². The molecule has 0 radical (unpaired) electrons. The van der Waals surface area contributed by atoms with Crippen LogP contribution in [0.2, 0.25) is 0 Å². The Bertz CT molecular complexity index is 1490. The van der Waals surface area contributed by atoms with E-state index in [1.54, 1.807) is 6.92 Å². The predicted octanol–water partition coefficient (Wildman–Crippen LogP) is 4.22. The Kier molecular flexibility index (Phi) is 7.90. The van der Waals surface area contributed by atoms with Crippen LogP contribution < -0.4 is 15.2 Å². The standard InChI is InChI=1S/C29H26F4N2O5/c1-27(34)16-40-26-21(27)15-24(35-25(26)18-7-9-20(30)10-8-18)28(38,29(31,32)33)12-11-22(37)19-6-5-17(4-3-13-36)23(14-19)39-2/h5-10,14-15,36,38H,11-13,16,34H2,1-2H3. The first kappa shape index (κ1) is 29.0. The third kappa shape index (κ3) is 5.51. The molecule has 2 heterocycles. The molecule has 1 aromatic heterocycles. The SMILES string of the molecule is COc1cc(C(=O)CCC(O)(c2cc3c(c(-c4ccc(F)cc4)n2)OCC3(C)N)C(F)(F)F)ccc1C#CCO. The number of nitrogens with two attached hydrogens (primary N) is 1. The first-order valence-electron chi connectivity index (χ1n) is 12.1. The Morgan fingerprint density at radius 2 is 1.90 bits per heavy atom. The number of ether oxygens (including phenoxy) is 2. The van der Waals surface area contributed by atoms with E-state index in [-0.39, 0.29) is 40.5 Å². The lowest BCUT2D eigenvalue weighted by molar-refractivity contribution is -0.270. The lowest BCUT2D eigenvalue weighted by atomic mass is 9.86. The van der Waals surface area contributed by atoms with Gasteiger partial charge in [0.2, 0.25) is 5.60 Å². The van der Waals surface area contributed by atoms with Gasteiger partial charge in [-0.25, -0.2) is 9.37 Å². The second kappa shape index (κ2) is 10.9. The van der Waals surface area contributed by atoms with E-state index >= 15 is 0 Å². The van der Waals surface area contributed by atoms with E-state index < -0.39 is 54.1 Å². The Morgan fingerprint density at radius 1 is 1.20 bits per heavy atom. The van der Waals surface area contributed by atoms with Gasteiger partial charge in [0.25, 0.3) is 0 Å². The van der Waals surface area contributed by atoms with Crippen molar-refractivity contribution in [1.82, 2.24) is 4.98 Å². The zero-order valence-electron chi connectivity index (χ0n) is 21.6. The molecule has 2 unspecified atom stereocenters. The van der Waals surface area contributed by atoms with Gasteiger partial charge < -0.3 is 25.4 Å². The number of pyridine rings is 1. The van der Waals surface area contributed by atoms with Crippen molar-refractivity contribution >= 4 is 5.78 Å². The average Bonchev–Trinajstić information content (AvgIpc) is 3.23. The summed E-state index contributed by atoms with van der Waals surface area (Å²) in [6.07, 6.45) is -6.96. The molecule has 0 fully saturated rings. The Morgan fingerprint density at radius 3 is 2.52 bits per heavy atom. The van der Waals surface area contributed by atoms with E-state index in [0.29, 0.717) is 5.56 Å². The third-order valence-electron chi connectivity index (χ3n) is 6.65. The number of nitrogens with zero attached hydrogens (tertiary/aromatic N) is 1. The molecule has 2 aromatic carbocycles. The highest BCUT2D eigenvalue weighted by molar-refractivity contribution is 5.96. The van der Waals surface area contributed by atoms with Gasteiger partial charge in [-0.3, -0.25) is 4.79 Å². The van der Waals surface area contributed by atoms with Gasteiger partial charge in [0.1, 0.15) is 30.5 Å². The van der Waals surface area contributed by atoms with Crippen LogP contribution in [-0.2, 0) is 11.1 Å². The van der Waals surface area contributed by atoms with Gasteiger partial charge in [-0.05, 0) is 61.9 Å². The van der Waals surface area contributed by atoms with Crippen molar-refractivity contribution in [2.45, 2.75) is 37.1 Å². The molecule has 1 aliphatic rings. The molecule has 0 amide bonds. The number of carbonyl (C=O) groups excluding carboxylic acids is 1. The fourth-order valence-electron chi connectivity index (χ4n) is 4.38. The van der Waals surface area contributed by atoms with Gasteiger partial charge >= 0.3 is 6.18 Å². The van der Waals surface area contributed by atoms with Crippen molar-refractivity contribution in [3.05, 3.63) is 76.7 Å². The number of benzene rings is 2. The van der Waals surface area contributed by atoms with Crippen molar-refractivity contribution in [3.63, 3.8) is 0 Å². The van der Waals surface area contributed by atoms with E-state index in [2.05, 4.69) is 16.8 Å². The lowest BCUT2D eigenvalue weighted by Crippen LogP contribution is -2.44. The Balaban J connectivity index is 1.73. The summed E-state index contributed by atoms with van der Waals surface area (Å²) in [5, 5.41) is 20.0. The minimum Gasteiger partial charge on any atom is -0.495 e. The number of hydrogen-bond donors (Lipinski definition) is 3. The van der Waals surface area contributed by atoms with Crippen molar-refractivity contribution < 1.29 is 42.0 Å². The molecule has 210 valence electrons. The lowest BCUT2D eigenvalue weighted by Gasteiger charge is -2.31. The fourth-order valence-corrected chi connectivity index (χ4v) is 4.38. The summed E-state index contributed by atoms with van der Waals surface area (Å²) >= 11 is 0. The van der Waals surface area contributed by atoms with E-state index in [1.807, 2.05) is 0 Å². The van der Waals surface area contributed by atoms with Crippen LogP contribution in [0, 0.1) is 17.7 Å². The van der Waals surface area contributed by atoms with Crippen molar-refractivity contribution in [3.8, 4) is 34.6 Å². The average molecular weight is 559 g/mol. The Hall–Kier alpha value is -3.98. The number of aromatic nitrogens is 1. The summed E-state index contributed by atoms with van der Waals surface area (Å²) in [5.41, 5.74) is 1.64. The molecule has 1 aliphatic heterocycles. The second-order valence-corrected chi connectivity index (χ2v) is 9.60. The number of Topliss-reactive ketones (excluding diaryl/α,β-unsaturated/α-hetero) is 1. The molecule has 3 aromatic rings. The molecule has 0 spiro atoms. The van der Waals surface area contributed by atoms with E-state index in [1.165, 1.54) is 37.4 Å². The molecular weight excluding hydrogens is 532 g/mol. The number of methoxy groups -OCH3 is 1. The maximum Gasteiger partial charge on any atom is 0.422 e. The van der Waals surface area contributed by atoms with Gasteiger partial charge in [0.05, 0.1) is 23.9 Å². The summed E-state index contributed by atoms with van der Waals surface area (Å²) in [6, 6.07) is 10.1. The summed E-state index contributed by atoms with van der Waals surface area (Å²) < 4.78 is 67.9. The van der Waals surface area contributed by atoms with E-state index in [0.717, 1.165) is 18.2 Å². The first-order valence-corrected chi connectivity index (χ1v) is 12.1. The van der Waals surface area contributed by atoms with Crippen LogP contribution >= 0.6 is 0 Å². The summed E-state index contributed by atoms with van der Waals surface area (Å²) in [7, 11) is 1.34. The number of hydrogen-bond acceptors (Lipinski definition) is 7. The molecule has 40 heavy (non-hydrogen) atoms. The minimum atomic E-state index is -5.22. The summed E-state index contributed by atoms with van der Waals surface area (Å²) in [6.45, 7) is 1.12. The highest BCUT2D eigenvalue weighted by Gasteiger charge is 2.56. The van der Waals surface area contributed by atoms with Gasteiger partial charge in [0.15, 0.2) is 11.5 Å². The molecule has 0 bridgehead atoms. The fraction of sp³-hybridized carbons (Fsp3) is 0.310. The van der Waals surface area contributed by atoms with Crippen LogP contribution in [0.4, 0.5) is 17.6 Å². The predicted molar refractivity (Wildman–Crippen MR) is 137 cm³/mol. The number of carbonyl (C=O) groups is 1. The zero-order valence-corrected chi connectivity index (χ0v) is 21.6. The molecule has 7 nitrogen and oxygen atoms in total. The van der Waals surface area contributed by atoms with Gasteiger partial charge in [0, 0.05) is 23.1 Å². The maximum absolute atomic E-state index is 14.5. The van der Waals surface area contributed by atoms with Crippen molar-refractivity contribution in [2.24, 2.45) is 5.73 Å². The van der Waals surface area contributed by atoms with Crippen molar-refractivity contribution in [1.29, 1.82) is 0 Å². The molecule has 2 atom stereocenters. The highest BCUT2D eigenvalue weighted by atomic mass is 19.4. The van der Waals surface area contributed by atoms with Crippen LogP contribution in [0.25, 0.3) is 11.3 Å². The number of halogens is 4. The van der Waals surface area contributed by atoms with Crippen LogP contribution in [0.1, 0.15) is 46.9 Å². The smallest absolute Gasteiger partial charge is 0.422 e. The zero-order chi connectivity index (χ0) is 29.3. The van der Waals surface area contributed by atoms with Gasteiger partial charge in [-0.15, -0.1) is 0 Å². The third-order valence-corrected chi connectivity index (χ3v) is 6.65.